The van der Waals surface area contributed by atoms with E-state index in [2.05, 4.69) is 43.5 Å². The third-order valence-electron chi connectivity index (χ3n) is 14.4. The van der Waals surface area contributed by atoms with Crippen molar-refractivity contribution >= 4 is 11.9 Å². The fourth-order valence-electron chi connectivity index (χ4n) is 9.61. The van der Waals surface area contributed by atoms with E-state index in [4.69, 9.17) is 4.74 Å². The van der Waals surface area contributed by atoms with Crippen molar-refractivity contribution in [2.75, 3.05) is 13.2 Å². The lowest BCUT2D eigenvalue weighted by molar-refractivity contribution is -0.143. The molecule has 0 saturated heterocycles. The number of amides is 1. The van der Waals surface area contributed by atoms with Crippen LogP contribution in [0.25, 0.3) is 0 Å². The molecule has 1 amide bonds. The number of allylic oxidation sites excluding steroid dienone is 5. The highest BCUT2D eigenvalue weighted by Gasteiger charge is 2.18. The first-order valence-electron chi connectivity index (χ1n) is 31.3. The van der Waals surface area contributed by atoms with Gasteiger partial charge in [0.25, 0.3) is 0 Å². The average molecular weight is 985 g/mol. The molecule has 0 heterocycles. The molecule has 0 aromatic heterocycles. The van der Waals surface area contributed by atoms with Gasteiger partial charge in [0.15, 0.2) is 0 Å². The number of ether oxygens (including phenoxy) is 1. The minimum absolute atomic E-state index is 0.0101. The van der Waals surface area contributed by atoms with Crippen LogP contribution in [-0.2, 0) is 14.3 Å². The average Bonchev–Trinajstić information content (AvgIpc) is 3.36. The lowest BCUT2D eigenvalue weighted by atomic mass is 10.0. The van der Waals surface area contributed by atoms with Gasteiger partial charge >= 0.3 is 5.97 Å². The molecular weight excluding hydrogens is 863 g/mol. The van der Waals surface area contributed by atoms with Crippen molar-refractivity contribution in [2.45, 2.75) is 347 Å². The Hall–Kier alpha value is -1.92. The van der Waals surface area contributed by atoms with Crippen LogP contribution in [0.1, 0.15) is 335 Å². The summed E-state index contributed by atoms with van der Waals surface area (Å²) in [5, 5.41) is 23.1. The Morgan fingerprint density at radius 3 is 1.09 bits per heavy atom. The molecule has 3 N–H and O–H groups in total. The van der Waals surface area contributed by atoms with Crippen LogP contribution in [0, 0.1) is 0 Å². The highest BCUT2D eigenvalue weighted by molar-refractivity contribution is 5.76. The Balaban J connectivity index is 3.45. The highest BCUT2D eigenvalue weighted by Crippen LogP contribution is 2.17. The first-order valence-corrected chi connectivity index (χ1v) is 31.3. The van der Waals surface area contributed by atoms with E-state index >= 15 is 0 Å². The number of rotatable bonds is 58. The predicted molar refractivity (Wildman–Crippen MR) is 306 cm³/mol. The second kappa shape index (κ2) is 59.6. The maximum Gasteiger partial charge on any atom is 0.305 e. The lowest BCUT2D eigenvalue weighted by Crippen LogP contribution is -2.45. The van der Waals surface area contributed by atoms with Gasteiger partial charge in [0.05, 0.1) is 25.4 Å². The summed E-state index contributed by atoms with van der Waals surface area (Å²) < 4.78 is 5.48. The Morgan fingerprint density at radius 2 is 0.714 bits per heavy atom. The van der Waals surface area contributed by atoms with Crippen LogP contribution in [0.15, 0.2) is 36.5 Å². The second-order valence-corrected chi connectivity index (χ2v) is 21.4. The zero-order chi connectivity index (χ0) is 50.7. The van der Waals surface area contributed by atoms with Crippen molar-refractivity contribution in [1.29, 1.82) is 0 Å². The fraction of sp³-hybridized carbons (Fsp3) is 0.875. The molecule has 0 spiro atoms. The molecule has 0 aromatic rings. The molecule has 0 radical (unpaired) electrons. The summed E-state index contributed by atoms with van der Waals surface area (Å²) >= 11 is 0. The first kappa shape index (κ1) is 68.1. The first-order chi connectivity index (χ1) is 34.5. The van der Waals surface area contributed by atoms with E-state index in [9.17, 15) is 19.8 Å². The van der Waals surface area contributed by atoms with Gasteiger partial charge in [-0.05, 0) is 64.2 Å². The van der Waals surface area contributed by atoms with Crippen molar-refractivity contribution in [1.82, 2.24) is 5.32 Å². The van der Waals surface area contributed by atoms with Crippen LogP contribution in [-0.4, -0.2) is 47.4 Å². The standard InChI is InChI=1S/C64H121NO5/c1-3-5-7-9-11-13-15-17-29-33-36-40-44-48-52-56-62(67)61(60-66)65-63(68)57-53-49-45-41-37-34-30-27-25-23-21-19-18-20-22-24-26-28-31-35-39-43-47-51-55-59-70-64(69)58-54-50-46-42-38-32-16-14-12-10-8-6-4-2/h19-22,52,56,61-62,66-67H,3-18,23-51,53-55,57-60H2,1-2H3,(H,65,68)/b21-19-,22-20-,56-52+. The van der Waals surface area contributed by atoms with Crippen LogP contribution in [0.3, 0.4) is 0 Å². The lowest BCUT2D eigenvalue weighted by Gasteiger charge is -2.20. The number of hydrogen-bond acceptors (Lipinski definition) is 5. The van der Waals surface area contributed by atoms with E-state index in [0.29, 0.717) is 19.4 Å². The highest BCUT2D eigenvalue weighted by atomic mass is 16.5. The summed E-state index contributed by atoms with van der Waals surface area (Å²) in [6.07, 6.45) is 74.7. The van der Waals surface area contributed by atoms with Crippen LogP contribution in [0.5, 0.6) is 0 Å². The zero-order valence-corrected chi connectivity index (χ0v) is 47.0. The van der Waals surface area contributed by atoms with E-state index in [-0.39, 0.29) is 18.5 Å². The molecule has 0 fully saturated rings. The zero-order valence-electron chi connectivity index (χ0n) is 47.0. The minimum atomic E-state index is -0.848. The quantitative estimate of drug-likeness (QED) is 0.0321. The molecule has 6 nitrogen and oxygen atoms in total. The molecule has 2 atom stereocenters. The van der Waals surface area contributed by atoms with Gasteiger partial charge in [-0.15, -0.1) is 0 Å². The van der Waals surface area contributed by atoms with Crippen molar-refractivity contribution in [3.63, 3.8) is 0 Å². The predicted octanol–water partition coefficient (Wildman–Crippen LogP) is 19.6. The molecule has 0 aromatic carbocycles. The number of aliphatic hydroxyl groups is 2. The molecule has 70 heavy (non-hydrogen) atoms. The van der Waals surface area contributed by atoms with Crippen molar-refractivity contribution in [2.24, 2.45) is 0 Å². The Labute approximate surface area is 436 Å². The molecule has 6 heteroatoms. The molecular formula is C64H121NO5. The number of unbranched alkanes of at least 4 members (excludes halogenated alkanes) is 43. The summed E-state index contributed by atoms with van der Waals surface area (Å²) in [5.74, 6) is -0.0629. The van der Waals surface area contributed by atoms with Gasteiger partial charge in [0.1, 0.15) is 0 Å². The summed E-state index contributed by atoms with van der Waals surface area (Å²) in [6, 6.07) is -0.632. The van der Waals surface area contributed by atoms with Gasteiger partial charge in [-0.25, -0.2) is 0 Å². The van der Waals surface area contributed by atoms with Gasteiger partial charge in [0.2, 0.25) is 5.91 Å². The molecule has 0 aliphatic heterocycles. The molecule has 0 aliphatic carbocycles. The van der Waals surface area contributed by atoms with Gasteiger partial charge in [-0.3, -0.25) is 9.59 Å². The van der Waals surface area contributed by atoms with Gasteiger partial charge in [-0.2, -0.15) is 0 Å². The number of nitrogens with one attached hydrogen (secondary N) is 1. The molecule has 412 valence electrons. The van der Waals surface area contributed by atoms with Crippen LogP contribution in [0.4, 0.5) is 0 Å². The maximum absolute atomic E-state index is 12.5. The molecule has 0 aliphatic rings. The van der Waals surface area contributed by atoms with Crippen molar-refractivity contribution in [3.05, 3.63) is 36.5 Å². The summed E-state index contributed by atoms with van der Waals surface area (Å²) in [6.45, 7) is 4.91. The Morgan fingerprint density at radius 1 is 0.400 bits per heavy atom. The summed E-state index contributed by atoms with van der Waals surface area (Å²) in [4.78, 5) is 24.5. The topological polar surface area (TPSA) is 95.9 Å². The van der Waals surface area contributed by atoms with E-state index < -0.39 is 12.1 Å². The number of hydrogen-bond donors (Lipinski definition) is 3. The van der Waals surface area contributed by atoms with E-state index in [1.807, 2.05) is 6.08 Å². The molecule has 2 unspecified atom stereocenters. The number of carbonyl (C=O) groups excluding carboxylic acids is 2. The third-order valence-corrected chi connectivity index (χ3v) is 14.4. The SMILES string of the molecule is CCCCCCCCCCCCCCC/C=C/C(O)C(CO)NC(=O)CCCCCCCCCCC/C=C\C/C=C\CCCCCCCCCCCOC(=O)CCCCCCCCCCCCCCC. The third kappa shape index (κ3) is 55.4. The van der Waals surface area contributed by atoms with Gasteiger partial charge < -0.3 is 20.3 Å². The molecule has 0 saturated carbocycles. The van der Waals surface area contributed by atoms with Gasteiger partial charge in [0, 0.05) is 12.8 Å². The van der Waals surface area contributed by atoms with Crippen molar-refractivity contribution < 1.29 is 24.5 Å². The normalized spacial score (nSPS) is 12.8. The van der Waals surface area contributed by atoms with Crippen LogP contribution < -0.4 is 5.32 Å². The van der Waals surface area contributed by atoms with E-state index in [1.165, 1.54) is 263 Å². The van der Waals surface area contributed by atoms with Crippen LogP contribution in [0.2, 0.25) is 0 Å². The Kier molecular flexibility index (Phi) is 58.0. The van der Waals surface area contributed by atoms with Crippen molar-refractivity contribution in [3.8, 4) is 0 Å². The smallest absolute Gasteiger partial charge is 0.305 e. The number of esters is 1. The monoisotopic (exact) mass is 984 g/mol. The van der Waals surface area contributed by atoms with Gasteiger partial charge in [-0.1, -0.05) is 294 Å². The summed E-state index contributed by atoms with van der Waals surface area (Å²) in [5.41, 5.74) is 0. The largest absolute Gasteiger partial charge is 0.466 e. The second-order valence-electron chi connectivity index (χ2n) is 21.4. The molecule has 0 rings (SSSR count). The van der Waals surface area contributed by atoms with E-state index in [0.717, 1.165) is 44.9 Å². The summed E-state index contributed by atoms with van der Waals surface area (Å²) in [7, 11) is 0. The fourth-order valence-corrected chi connectivity index (χ4v) is 9.61. The maximum atomic E-state index is 12.5. The number of carbonyl (C=O) groups is 2. The minimum Gasteiger partial charge on any atom is -0.466 e. The van der Waals surface area contributed by atoms with Crippen LogP contribution >= 0.6 is 0 Å². The molecule has 0 bridgehead atoms. The Bertz CT molecular complexity index is 1130. The number of aliphatic hydroxyl groups excluding tert-OH is 2. The van der Waals surface area contributed by atoms with E-state index in [1.54, 1.807) is 6.08 Å².